The molecular weight excluding hydrogens is 811 g/mol. The minimum atomic E-state index is -1.79. The van der Waals surface area contributed by atoms with E-state index in [2.05, 4.69) is 55.6 Å². The Morgan fingerprint density at radius 3 is 1.67 bits per heavy atom. The van der Waals surface area contributed by atoms with Gasteiger partial charge in [-0.2, -0.15) is 0 Å². The average molecular weight is 898 g/mol. The highest BCUT2D eigenvalue weighted by Crippen LogP contribution is 2.30. The molecule has 9 N–H and O–H groups in total. The van der Waals surface area contributed by atoms with Crippen molar-refractivity contribution < 1.29 is 64.6 Å². The van der Waals surface area contributed by atoms with Gasteiger partial charge in [0.25, 0.3) is 0 Å². The monoisotopic (exact) mass is 898 g/mol. The molecule has 0 saturated carbocycles. The van der Waals surface area contributed by atoms with Gasteiger partial charge in [0.1, 0.15) is 48.8 Å². The summed E-state index contributed by atoms with van der Waals surface area (Å²) in [5, 5.41) is 86.5. The first-order valence-corrected chi connectivity index (χ1v) is 24.4. The van der Waals surface area contributed by atoms with E-state index in [0.29, 0.717) is 12.8 Å². The summed E-state index contributed by atoms with van der Waals surface area (Å²) in [6.07, 6.45) is 24.4. The Morgan fingerprint density at radius 2 is 1.06 bits per heavy atom. The predicted molar refractivity (Wildman–Crippen MR) is 244 cm³/mol. The van der Waals surface area contributed by atoms with Crippen molar-refractivity contribution in [2.24, 2.45) is 0 Å². The fourth-order valence-electron chi connectivity index (χ4n) is 7.69. The van der Waals surface area contributed by atoms with Gasteiger partial charge < -0.3 is 65.1 Å². The molecule has 0 aromatic rings. The molecule has 0 aliphatic carbocycles. The molecule has 0 aromatic heterocycles. The van der Waals surface area contributed by atoms with Crippen LogP contribution in [0.3, 0.4) is 0 Å². The zero-order valence-electron chi connectivity index (χ0n) is 38.6. The highest BCUT2D eigenvalue weighted by Gasteiger charge is 2.51. The van der Waals surface area contributed by atoms with Crippen LogP contribution >= 0.6 is 0 Å². The van der Waals surface area contributed by atoms with Crippen LogP contribution in [0, 0.1) is 0 Å². The van der Waals surface area contributed by atoms with Crippen LogP contribution < -0.4 is 5.32 Å². The summed E-state index contributed by atoms with van der Waals surface area (Å²) in [5.74, 6) is -0.262. The Hall–Kier alpha value is -2.05. The Kier molecular flexibility index (Phi) is 32.7. The summed E-state index contributed by atoms with van der Waals surface area (Å²) in [5.41, 5.74) is 0. The third kappa shape index (κ3) is 23.8. The van der Waals surface area contributed by atoms with E-state index in [4.69, 9.17) is 18.9 Å². The topological polar surface area (TPSA) is 228 Å². The predicted octanol–water partition coefficient (Wildman–Crippen LogP) is 5.71. The number of aliphatic hydroxyl groups is 8. The Bertz CT molecular complexity index is 1250. The first-order chi connectivity index (χ1) is 30.6. The largest absolute Gasteiger partial charge is 0.394 e. The maximum Gasteiger partial charge on any atom is 0.220 e. The molecule has 14 nitrogen and oxygen atoms in total. The van der Waals surface area contributed by atoms with Crippen LogP contribution in [0.5, 0.6) is 0 Å². The molecule has 2 saturated heterocycles. The van der Waals surface area contributed by atoms with E-state index >= 15 is 0 Å². The van der Waals surface area contributed by atoms with Gasteiger partial charge in [0.15, 0.2) is 12.6 Å². The maximum absolute atomic E-state index is 13.1. The second-order valence-electron chi connectivity index (χ2n) is 17.2. The van der Waals surface area contributed by atoms with Crippen LogP contribution in [-0.4, -0.2) is 140 Å². The van der Waals surface area contributed by atoms with Crippen LogP contribution in [-0.2, 0) is 23.7 Å². The zero-order valence-corrected chi connectivity index (χ0v) is 38.6. The molecule has 2 rings (SSSR count). The van der Waals surface area contributed by atoms with Crippen LogP contribution in [0.25, 0.3) is 0 Å². The minimum Gasteiger partial charge on any atom is -0.394 e. The lowest BCUT2D eigenvalue weighted by molar-refractivity contribution is -0.359. The van der Waals surface area contributed by atoms with Crippen LogP contribution in [0.4, 0.5) is 0 Å². The maximum atomic E-state index is 13.1. The van der Waals surface area contributed by atoms with Gasteiger partial charge in [-0.1, -0.05) is 140 Å². The van der Waals surface area contributed by atoms with Gasteiger partial charge >= 0.3 is 0 Å². The standard InChI is InChI=1S/C49H87NO13/c1-3-5-7-9-11-13-15-16-17-18-19-20-21-23-25-27-29-31-33-41(54)50-37(38(53)32-30-28-26-24-22-14-12-10-8-6-4-2)36-60-48-46(59)44(57)47(40(35-52)62-48)63-49-45(58)43(56)42(55)39(34-51)61-49/h13,15,17-18,22,24,30,32,37-40,42-49,51-53,55-59H,3-12,14,16,19-21,23,25-29,31,33-36H2,1-2H3,(H,50,54)/b15-13-,18-17-,24-22+,32-30+. The third-order valence-electron chi connectivity index (χ3n) is 11.7. The lowest BCUT2D eigenvalue weighted by Gasteiger charge is -2.46. The number of rotatable bonds is 36. The lowest BCUT2D eigenvalue weighted by Crippen LogP contribution is -2.65. The molecular formula is C49H87NO13. The molecule has 2 aliphatic heterocycles. The van der Waals surface area contributed by atoms with Crippen molar-refractivity contribution >= 4 is 5.91 Å². The van der Waals surface area contributed by atoms with Gasteiger partial charge in [0.05, 0.1) is 32.0 Å². The number of aliphatic hydroxyl groups excluding tert-OH is 8. The van der Waals surface area contributed by atoms with Crippen molar-refractivity contribution in [2.75, 3.05) is 19.8 Å². The molecule has 12 unspecified atom stereocenters. The van der Waals surface area contributed by atoms with Crippen molar-refractivity contribution in [3.05, 3.63) is 48.6 Å². The molecule has 366 valence electrons. The molecule has 0 aromatic carbocycles. The number of allylic oxidation sites excluding steroid dienone is 7. The Balaban J connectivity index is 1.86. The van der Waals surface area contributed by atoms with Gasteiger partial charge in [-0.25, -0.2) is 0 Å². The number of hydrogen-bond acceptors (Lipinski definition) is 13. The SMILES string of the molecule is CCCCCC/C=C\C/C=C\CCCCCCCCCC(=O)NC(COC1OC(CO)C(OC2OC(CO)C(O)C(O)C2O)C(O)C1O)C(O)/C=C/CC/C=C/CCCCCCC. The van der Waals surface area contributed by atoms with Crippen LogP contribution in [0.1, 0.15) is 162 Å². The molecule has 2 heterocycles. The lowest BCUT2D eigenvalue weighted by atomic mass is 9.97. The number of unbranched alkanes of at least 4 members (excludes halogenated alkanes) is 17. The molecule has 12 atom stereocenters. The van der Waals surface area contributed by atoms with Crippen molar-refractivity contribution in [3.8, 4) is 0 Å². The molecule has 1 amide bonds. The first-order valence-electron chi connectivity index (χ1n) is 24.4. The summed E-state index contributed by atoms with van der Waals surface area (Å²) in [6.45, 7) is 2.69. The third-order valence-corrected chi connectivity index (χ3v) is 11.7. The number of amides is 1. The van der Waals surface area contributed by atoms with Crippen molar-refractivity contribution in [2.45, 2.75) is 235 Å². The smallest absolute Gasteiger partial charge is 0.220 e. The molecule has 2 fully saturated rings. The van der Waals surface area contributed by atoms with Gasteiger partial charge in [-0.3, -0.25) is 4.79 Å². The fraction of sp³-hybridized carbons (Fsp3) is 0.816. The number of carbonyl (C=O) groups is 1. The molecule has 14 heteroatoms. The molecule has 0 radical (unpaired) electrons. The Labute approximate surface area is 378 Å². The highest BCUT2D eigenvalue weighted by molar-refractivity contribution is 5.76. The summed E-state index contributed by atoms with van der Waals surface area (Å²) in [4.78, 5) is 13.1. The van der Waals surface area contributed by atoms with Crippen molar-refractivity contribution in [1.82, 2.24) is 5.32 Å². The molecule has 0 bridgehead atoms. The van der Waals surface area contributed by atoms with E-state index in [1.54, 1.807) is 6.08 Å². The molecule has 0 spiro atoms. The summed E-state index contributed by atoms with van der Waals surface area (Å²) in [7, 11) is 0. The Morgan fingerprint density at radius 1 is 0.571 bits per heavy atom. The zero-order chi connectivity index (χ0) is 46.1. The summed E-state index contributed by atoms with van der Waals surface area (Å²) >= 11 is 0. The van der Waals surface area contributed by atoms with E-state index in [1.807, 2.05) is 6.08 Å². The van der Waals surface area contributed by atoms with Gasteiger partial charge in [0, 0.05) is 6.42 Å². The summed E-state index contributed by atoms with van der Waals surface area (Å²) in [6, 6.07) is -0.934. The first kappa shape index (κ1) is 57.1. The average Bonchev–Trinajstić information content (AvgIpc) is 3.28. The number of hydrogen-bond donors (Lipinski definition) is 9. The van der Waals surface area contributed by atoms with Crippen molar-refractivity contribution in [1.29, 1.82) is 0 Å². The second kappa shape index (κ2) is 36.1. The highest BCUT2D eigenvalue weighted by atomic mass is 16.7. The van der Waals surface area contributed by atoms with E-state index in [-0.39, 0.29) is 18.9 Å². The second-order valence-corrected chi connectivity index (χ2v) is 17.2. The van der Waals surface area contributed by atoms with E-state index < -0.39 is 86.8 Å². The minimum absolute atomic E-state index is 0.262. The number of ether oxygens (including phenoxy) is 4. The quantitative estimate of drug-likeness (QED) is 0.0272. The molecule has 63 heavy (non-hydrogen) atoms. The van der Waals surface area contributed by atoms with Gasteiger partial charge in [0.2, 0.25) is 5.91 Å². The van der Waals surface area contributed by atoms with Crippen LogP contribution in [0.2, 0.25) is 0 Å². The van der Waals surface area contributed by atoms with Gasteiger partial charge in [-0.15, -0.1) is 0 Å². The molecule has 2 aliphatic rings. The number of carbonyl (C=O) groups excluding carboxylic acids is 1. The van der Waals surface area contributed by atoms with E-state index in [1.165, 1.54) is 77.0 Å². The fourth-order valence-corrected chi connectivity index (χ4v) is 7.69. The normalized spacial score (nSPS) is 27.9. The van der Waals surface area contributed by atoms with E-state index in [0.717, 1.165) is 51.4 Å². The number of nitrogens with one attached hydrogen (secondary N) is 1. The summed E-state index contributed by atoms with van der Waals surface area (Å²) < 4.78 is 22.6. The van der Waals surface area contributed by atoms with E-state index in [9.17, 15) is 45.6 Å². The van der Waals surface area contributed by atoms with Gasteiger partial charge in [-0.05, 0) is 64.2 Å². The van der Waals surface area contributed by atoms with Crippen molar-refractivity contribution in [3.63, 3.8) is 0 Å². The van der Waals surface area contributed by atoms with Crippen LogP contribution in [0.15, 0.2) is 48.6 Å².